The van der Waals surface area contributed by atoms with Gasteiger partial charge in [-0.1, -0.05) is 47.6 Å². The van der Waals surface area contributed by atoms with Gasteiger partial charge in [-0.05, 0) is 29.8 Å². The number of hydrogen-bond acceptors (Lipinski definition) is 4. The third-order valence-electron chi connectivity index (χ3n) is 3.30. The lowest BCUT2D eigenvalue weighted by molar-refractivity contribution is -0.118. The largest absolute Gasteiger partial charge is 0.351 e. The predicted molar refractivity (Wildman–Crippen MR) is 95.8 cm³/mol. The summed E-state index contributed by atoms with van der Waals surface area (Å²) in [6, 6.07) is 13.6. The number of carbonyl (C=O) groups is 1. The van der Waals surface area contributed by atoms with Crippen molar-refractivity contribution < 1.29 is 9.18 Å². The van der Waals surface area contributed by atoms with Gasteiger partial charge in [-0.25, -0.2) is 9.37 Å². The average Bonchev–Trinajstić information content (AvgIpc) is 3.07. The fourth-order valence-electron chi connectivity index (χ4n) is 2.11. The Morgan fingerprint density at radius 2 is 2.08 bits per heavy atom. The molecule has 5 nitrogen and oxygen atoms in total. The van der Waals surface area contributed by atoms with Gasteiger partial charge in [0.15, 0.2) is 5.82 Å². The van der Waals surface area contributed by atoms with Crippen LogP contribution in [0.3, 0.4) is 0 Å². The zero-order valence-corrected chi connectivity index (χ0v) is 14.6. The Labute approximate surface area is 153 Å². The molecule has 0 aliphatic carbocycles. The van der Waals surface area contributed by atoms with E-state index < -0.39 is 0 Å². The minimum absolute atomic E-state index is 0.151. The van der Waals surface area contributed by atoms with Crippen LogP contribution in [0, 0.1) is 5.82 Å². The lowest BCUT2D eigenvalue weighted by atomic mass is 10.2. The number of thioether (sulfide) groups is 1. The Morgan fingerprint density at radius 1 is 1.24 bits per heavy atom. The summed E-state index contributed by atoms with van der Waals surface area (Å²) in [5.41, 5.74) is 1.26. The Bertz CT molecular complexity index is 886. The molecule has 0 radical (unpaired) electrons. The minimum Gasteiger partial charge on any atom is -0.351 e. The highest BCUT2D eigenvalue weighted by molar-refractivity contribution is 7.99. The molecule has 8 heteroatoms. The third-order valence-corrected chi connectivity index (χ3v) is 4.39. The number of aromatic amines is 1. The zero-order valence-electron chi connectivity index (χ0n) is 13.0. The van der Waals surface area contributed by atoms with Crippen LogP contribution in [-0.4, -0.2) is 26.8 Å². The fraction of sp³-hybridized carbons (Fsp3) is 0.118. The molecule has 0 spiro atoms. The molecule has 128 valence electrons. The van der Waals surface area contributed by atoms with Gasteiger partial charge >= 0.3 is 0 Å². The Balaban J connectivity index is 1.52. The molecule has 0 fully saturated rings. The Kier molecular flexibility index (Phi) is 5.67. The topological polar surface area (TPSA) is 70.7 Å². The van der Waals surface area contributed by atoms with Crippen molar-refractivity contribution >= 4 is 29.3 Å². The number of nitrogens with zero attached hydrogens (tertiary/aromatic N) is 2. The van der Waals surface area contributed by atoms with Crippen LogP contribution in [0.1, 0.15) is 5.56 Å². The van der Waals surface area contributed by atoms with Crippen LogP contribution >= 0.6 is 23.4 Å². The van der Waals surface area contributed by atoms with Gasteiger partial charge in [0.2, 0.25) is 11.1 Å². The molecule has 0 atom stereocenters. The number of halogens is 2. The SMILES string of the molecule is O=C(CSc1n[nH]c(-c2ccccc2F)n1)NCc1cccc(Cl)c1. The number of hydrogen-bond donors (Lipinski definition) is 2. The van der Waals surface area contributed by atoms with E-state index in [0.717, 1.165) is 5.56 Å². The van der Waals surface area contributed by atoms with Crippen LogP contribution in [0.5, 0.6) is 0 Å². The van der Waals surface area contributed by atoms with Crippen molar-refractivity contribution in [3.63, 3.8) is 0 Å². The summed E-state index contributed by atoms with van der Waals surface area (Å²) in [6.07, 6.45) is 0. The van der Waals surface area contributed by atoms with Crippen molar-refractivity contribution in [3.8, 4) is 11.4 Å². The summed E-state index contributed by atoms with van der Waals surface area (Å²) in [5, 5.41) is 10.5. The van der Waals surface area contributed by atoms with E-state index in [4.69, 9.17) is 11.6 Å². The highest BCUT2D eigenvalue weighted by Gasteiger charge is 2.11. The molecule has 0 aliphatic rings. The number of H-pyrrole nitrogens is 1. The molecule has 2 N–H and O–H groups in total. The number of benzene rings is 2. The summed E-state index contributed by atoms with van der Waals surface area (Å²) < 4.78 is 13.7. The lowest BCUT2D eigenvalue weighted by Crippen LogP contribution is -2.24. The molecule has 0 aliphatic heterocycles. The smallest absolute Gasteiger partial charge is 0.230 e. The zero-order chi connectivity index (χ0) is 17.6. The van der Waals surface area contributed by atoms with Crippen molar-refractivity contribution in [2.45, 2.75) is 11.7 Å². The van der Waals surface area contributed by atoms with E-state index in [2.05, 4.69) is 20.5 Å². The van der Waals surface area contributed by atoms with E-state index in [0.29, 0.717) is 28.1 Å². The minimum atomic E-state index is -0.380. The molecule has 3 rings (SSSR count). The van der Waals surface area contributed by atoms with Crippen LogP contribution in [0.2, 0.25) is 5.02 Å². The summed E-state index contributed by atoms with van der Waals surface area (Å²) in [5.74, 6) is -0.0357. The van der Waals surface area contributed by atoms with Gasteiger partial charge < -0.3 is 5.32 Å². The second kappa shape index (κ2) is 8.13. The predicted octanol–water partition coefficient (Wildman–Crippen LogP) is 3.67. The van der Waals surface area contributed by atoms with Crippen molar-refractivity contribution in [1.29, 1.82) is 0 Å². The van der Waals surface area contributed by atoms with Crippen LogP contribution in [0.25, 0.3) is 11.4 Å². The molecule has 0 saturated heterocycles. The number of nitrogens with one attached hydrogen (secondary N) is 2. The van der Waals surface area contributed by atoms with Gasteiger partial charge in [0.25, 0.3) is 0 Å². The first kappa shape index (κ1) is 17.4. The van der Waals surface area contributed by atoms with Crippen molar-refractivity contribution in [2.24, 2.45) is 0 Å². The molecule has 1 heterocycles. The van der Waals surface area contributed by atoms with Crippen molar-refractivity contribution in [3.05, 3.63) is 64.9 Å². The molecule has 0 saturated carbocycles. The Morgan fingerprint density at radius 3 is 2.88 bits per heavy atom. The van der Waals surface area contributed by atoms with Crippen LogP contribution in [0.15, 0.2) is 53.7 Å². The van der Waals surface area contributed by atoms with Crippen LogP contribution in [-0.2, 0) is 11.3 Å². The molecule has 1 amide bonds. The van der Waals surface area contributed by atoms with Gasteiger partial charge in [-0.15, -0.1) is 5.10 Å². The molecule has 0 bridgehead atoms. The average molecular weight is 377 g/mol. The maximum Gasteiger partial charge on any atom is 0.230 e. The third kappa shape index (κ3) is 4.80. The summed E-state index contributed by atoms with van der Waals surface area (Å²) in [6.45, 7) is 0.397. The normalized spacial score (nSPS) is 10.6. The van der Waals surface area contributed by atoms with Crippen LogP contribution < -0.4 is 5.32 Å². The van der Waals surface area contributed by atoms with E-state index in [9.17, 15) is 9.18 Å². The first-order valence-corrected chi connectivity index (χ1v) is 8.79. The van der Waals surface area contributed by atoms with Gasteiger partial charge in [0.1, 0.15) is 5.82 Å². The van der Waals surface area contributed by atoms with E-state index >= 15 is 0 Å². The Hall–Kier alpha value is -2.38. The first-order chi connectivity index (χ1) is 12.1. The van der Waals surface area contributed by atoms with Crippen molar-refractivity contribution in [1.82, 2.24) is 20.5 Å². The summed E-state index contributed by atoms with van der Waals surface area (Å²) in [7, 11) is 0. The molecular formula is C17H14ClFN4OS. The lowest BCUT2D eigenvalue weighted by Gasteiger charge is -2.04. The van der Waals surface area contributed by atoms with Gasteiger partial charge in [-0.3, -0.25) is 9.89 Å². The van der Waals surface area contributed by atoms with Gasteiger partial charge in [-0.2, -0.15) is 0 Å². The monoisotopic (exact) mass is 376 g/mol. The molecule has 3 aromatic rings. The molecule has 0 unspecified atom stereocenters. The number of rotatable bonds is 6. The highest BCUT2D eigenvalue weighted by Crippen LogP contribution is 2.21. The molecular weight excluding hydrogens is 363 g/mol. The first-order valence-electron chi connectivity index (χ1n) is 7.43. The maximum atomic E-state index is 13.7. The van der Waals surface area contributed by atoms with Crippen molar-refractivity contribution in [2.75, 3.05) is 5.75 Å². The van der Waals surface area contributed by atoms with E-state index in [-0.39, 0.29) is 17.5 Å². The van der Waals surface area contributed by atoms with E-state index in [1.165, 1.54) is 17.8 Å². The number of carbonyl (C=O) groups excluding carboxylic acids is 1. The molecule has 2 aromatic carbocycles. The standard InChI is InChI=1S/C17H14ClFN4OS/c18-12-5-3-4-11(8-12)9-20-15(24)10-25-17-21-16(22-23-17)13-6-1-2-7-14(13)19/h1-8H,9-10H2,(H,20,24)(H,21,22,23). The quantitative estimate of drug-likeness (QED) is 0.644. The highest BCUT2D eigenvalue weighted by atomic mass is 35.5. The van der Waals surface area contributed by atoms with Crippen LogP contribution in [0.4, 0.5) is 4.39 Å². The maximum absolute atomic E-state index is 13.7. The number of aromatic nitrogens is 3. The summed E-state index contributed by atoms with van der Waals surface area (Å²) in [4.78, 5) is 16.1. The van der Waals surface area contributed by atoms with E-state index in [1.54, 1.807) is 30.3 Å². The van der Waals surface area contributed by atoms with Gasteiger partial charge in [0.05, 0.1) is 11.3 Å². The van der Waals surface area contributed by atoms with E-state index in [1.807, 2.05) is 12.1 Å². The second-order valence-corrected chi connectivity index (χ2v) is 6.52. The molecule has 25 heavy (non-hydrogen) atoms. The molecule has 1 aromatic heterocycles. The van der Waals surface area contributed by atoms with Gasteiger partial charge in [0, 0.05) is 11.6 Å². The fourth-order valence-corrected chi connectivity index (χ4v) is 2.95. The number of amides is 1. The summed E-state index contributed by atoms with van der Waals surface area (Å²) >= 11 is 7.08. The second-order valence-electron chi connectivity index (χ2n) is 5.14.